The van der Waals surface area contributed by atoms with Crippen LogP contribution in [0.5, 0.6) is 0 Å². The summed E-state index contributed by atoms with van der Waals surface area (Å²) in [6, 6.07) is 0. The summed E-state index contributed by atoms with van der Waals surface area (Å²) in [4.78, 5) is 14.7. The highest BCUT2D eigenvalue weighted by Crippen LogP contribution is 2.40. The zero-order valence-electron chi connectivity index (χ0n) is 12.8. The third-order valence-electron chi connectivity index (χ3n) is 4.66. The maximum atomic E-state index is 4.82. The minimum atomic E-state index is 0.808. The van der Waals surface area contributed by atoms with Crippen LogP contribution in [-0.4, -0.2) is 36.1 Å². The summed E-state index contributed by atoms with van der Waals surface area (Å²) >= 11 is 1.90. The number of rotatable bonds is 1. The monoisotopic (exact) mass is 302 g/mol. The fourth-order valence-corrected chi connectivity index (χ4v) is 4.96. The Balaban J connectivity index is 1.88. The highest BCUT2D eigenvalue weighted by molar-refractivity contribution is 7.19. The van der Waals surface area contributed by atoms with Gasteiger partial charge in [0.05, 0.1) is 5.39 Å². The summed E-state index contributed by atoms with van der Waals surface area (Å²) in [6.07, 6.45) is 3.71. The standard InChI is InChI=1S/C16H22N4S/c1-10-3-4-12-13(9-10)21-16-14(12)15(18-11(2)19-16)20-7-5-17-6-8-20/h10,17H,3-9H2,1-2H3/t10-/m0/s1. The molecule has 0 unspecified atom stereocenters. The van der Waals surface area contributed by atoms with E-state index in [1.165, 1.54) is 35.3 Å². The van der Waals surface area contributed by atoms with Gasteiger partial charge in [0, 0.05) is 31.1 Å². The van der Waals surface area contributed by atoms with Crippen molar-refractivity contribution < 1.29 is 0 Å². The van der Waals surface area contributed by atoms with Gasteiger partial charge in [0.25, 0.3) is 0 Å². The van der Waals surface area contributed by atoms with Crippen molar-refractivity contribution >= 4 is 27.4 Å². The fraction of sp³-hybridized carbons (Fsp3) is 0.625. The van der Waals surface area contributed by atoms with Crippen LogP contribution in [0.25, 0.3) is 10.2 Å². The third kappa shape index (κ3) is 2.32. The van der Waals surface area contributed by atoms with Crippen molar-refractivity contribution in [1.29, 1.82) is 0 Å². The summed E-state index contributed by atoms with van der Waals surface area (Å²) in [7, 11) is 0. The Kier molecular flexibility index (Phi) is 3.34. The van der Waals surface area contributed by atoms with Gasteiger partial charge in [-0.25, -0.2) is 9.97 Å². The molecule has 0 radical (unpaired) electrons. The van der Waals surface area contributed by atoms with E-state index in [1.807, 2.05) is 18.3 Å². The number of aromatic nitrogens is 2. The van der Waals surface area contributed by atoms with Crippen LogP contribution >= 0.6 is 11.3 Å². The van der Waals surface area contributed by atoms with E-state index in [4.69, 9.17) is 9.97 Å². The third-order valence-corrected chi connectivity index (χ3v) is 5.81. The molecule has 3 heterocycles. The van der Waals surface area contributed by atoms with Gasteiger partial charge in [-0.05, 0) is 37.7 Å². The Morgan fingerprint density at radius 2 is 2.05 bits per heavy atom. The van der Waals surface area contributed by atoms with Crippen LogP contribution in [0.4, 0.5) is 5.82 Å². The van der Waals surface area contributed by atoms with Gasteiger partial charge in [-0.1, -0.05) is 6.92 Å². The number of hydrogen-bond donors (Lipinski definition) is 1. The van der Waals surface area contributed by atoms with Crippen LogP contribution in [0.15, 0.2) is 0 Å². The van der Waals surface area contributed by atoms with E-state index in [0.29, 0.717) is 0 Å². The molecule has 1 N–H and O–H groups in total. The predicted octanol–water partition coefficient (Wildman–Crippen LogP) is 2.53. The molecule has 5 heteroatoms. The lowest BCUT2D eigenvalue weighted by atomic mass is 9.89. The molecule has 4 nitrogen and oxygen atoms in total. The molecule has 0 aromatic carbocycles. The van der Waals surface area contributed by atoms with Crippen LogP contribution in [0.3, 0.4) is 0 Å². The second-order valence-electron chi connectivity index (χ2n) is 6.36. The first-order valence-electron chi connectivity index (χ1n) is 7.97. The van der Waals surface area contributed by atoms with Crippen molar-refractivity contribution in [3.63, 3.8) is 0 Å². The van der Waals surface area contributed by atoms with Gasteiger partial charge in [0.1, 0.15) is 16.5 Å². The van der Waals surface area contributed by atoms with Crippen molar-refractivity contribution in [3.8, 4) is 0 Å². The van der Waals surface area contributed by atoms with Gasteiger partial charge in [-0.3, -0.25) is 0 Å². The van der Waals surface area contributed by atoms with E-state index in [1.54, 1.807) is 10.4 Å². The topological polar surface area (TPSA) is 41.1 Å². The first-order valence-corrected chi connectivity index (χ1v) is 8.78. The van der Waals surface area contributed by atoms with E-state index < -0.39 is 0 Å². The second kappa shape index (κ2) is 5.21. The average molecular weight is 302 g/mol. The molecule has 0 amide bonds. The molecule has 2 aromatic rings. The Morgan fingerprint density at radius 3 is 2.86 bits per heavy atom. The molecular formula is C16H22N4S. The molecular weight excluding hydrogens is 280 g/mol. The molecule has 112 valence electrons. The summed E-state index contributed by atoms with van der Waals surface area (Å²) < 4.78 is 0. The summed E-state index contributed by atoms with van der Waals surface area (Å²) in [5.74, 6) is 2.90. The molecule has 21 heavy (non-hydrogen) atoms. The maximum absolute atomic E-state index is 4.82. The number of nitrogens with one attached hydrogen (secondary N) is 1. The summed E-state index contributed by atoms with van der Waals surface area (Å²) in [5.41, 5.74) is 1.54. The number of aryl methyl sites for hydroxylation is 2. The van der Waals surface area contributed by atoms with Crippen molar-refractivity contribution in [2.45, 2.75) is 33.1 Å². The molecule has 1 fully saturated rings. The van der Waals surface area contributed by atoms with Crippen molar-refractivity contribution in [3.05, 3.63) is 16.3 Å². The SMILES string of the molecule is Cc1nc(N2CCNCC2)c2c3c(sc2n1)C[C@@H](C)CC3. The highest BCUT2D eigenvalue weighted by atomic mass is 32.1. The summed E-state index contributed by atoms with van der Waals surface area (Å²) in [5, 5.41) is 4.78. The molecule has 2 aromatic heterocycles. The van der Waals surface area contributed by atoms with Gasteiger partial charge in [0.2, 0.25) is 0 Å². The maximum Gasteiger partial charge on any atom is 0.141 e. The predicted molar refractivity (Wildman–Crippen MR) is 88.4 cm³/mol. The van der Waals surface area contributed by atoms with Gasteiger partial charge in [-0.15, -0.1) is 11.3 Å². The van der Waals surface area contributed by atoms with Crippen LogP contribution in [0.1, 0.15) is 29.6 Å². The average Bonchev–Trinajstić information content (AvgIpc) is 2.84. The molecule has 2 aliphatic rings. The highest BCUT2D eigenvalue weighted by Gasteiger charge is 2.25. The van der Waals surface area contributed by atoms with E-state index >= 15 is 0 Å². The molecule has 0 saturated carbocycles. The Morgan fingerprint density at radius 1 is 1.24 bits per heavy atom. The van der Waals surface area contributed by atoms with Crippen molar-refractivity contribution in [2.75, 3.05) is 31.1 Å². The lowest BCUT2D eigenvalue weighted by Gasteiger charge is -2.29. The Labute approximate surface area is 129 Å². The van der Waals surface area contributed by atoms with E-state index in [9.17, 15) is 0 Å². The van der Waals surface area contributed by atoms with Crippen LogP contribution in [0.2, 0.25) is 0 Å². The summed E-state index contributed by atoms with van der Waals surface area (Å²) in [6.45, 7) is 8.58. The van der Waals surface area contributed by atoms with Gasteiger partial charge >= 0.3 is 0 Å². The minimum Gasteiger partial charge on any atom is -0.353 e. The van der Waals surface area contributed by atoms with Crippen LogP contribution in [0, 0.1) is 12.8 Å². The first kappa shape index (κ1) is 13.5. The smallest absolute Gasteiger partial charge is 0.141 e. The van der Waals surface area contributed by atoms with E-state index in [0.717, 1.165) is 37.9 Å². The lowest BCUT2D eigenvalue weighted by Crippen LogP contribution is -2.44. The molecule has 1 saturated heterocycles. The first-order chi connectivity index (χ1) is 10.2. The minimum absolute atomic E-state index is 0.808. The normalized spacial score (nSPS) is 22.6. The van der Waals surface area contributed by atoms with Gasteiger partial charge < -0.3 is 10.2 Å². The number of hydrogen-bond acceptors (Lipinski definition) is 5. The number of fused-ring (bicyclic) bond motifs is 3. The molecule has 1 aliphatic heterocycles. The van der Waals surface area contributed by atoms with E-state index in [2.05, 4.69) is 17.1 Å². The largest absolute Gasteiger partial charge is 0.353 e. The molecule has 1 aliphatic carbocycles. The Bertz CT molecular complexity index is 672. The number of piperazine rings is 1. The van der Waals surface area contributed by atoms with E-state index in [-0.39, 0.29) is 0 Å². The molecule has 0 bridgehead atoms. The molecule has 1 atom stereocenters. The fourth-order valence-electron chi connectivity index (χ4n) is 3.53. The van der Waals surface area contributed by atoms with Crippen molar-refractivity contribution in [2.24, 2.45) is 5.92 Å². The zero-order chi connectivity index (χ0) is 14.4. The molecule has 0 spiro atoms. The number of anilines is 1. The van der Waals surface area contributed by atoms with Gasteiger partial charge in [-0.2, -0.15) is 0 Å². The molecule has 4 rings (SSSR count). The van der Waals surface area contributed by atoms with Crippen LogP contribution < -0.4 is 10.2 Å². The van der Waals surface area contributed by atoms with Crippen LogP contribution in [-0.2, 0) is 12.8 Å². The number of thiophene rings is 1. The van der Waals surface area contributed by atoms with Crippen molar-refractivity contribution in [1.82, 2.24) is 15.3 Å². The lowest BCUT2D eigenvalue weighted by molar-refractivity contribution is 0.509. The Hall–Kier alpha value is -1.20. The zero-order valence-corrected chi connectivity index (χ0v) is 13.6. The quantitative estimate of drug-likeness (QED) is 0.879. The number of nitrogens with zero attached hydrogens (tertiary/aromatic N) is 3. The van der Waals surface area contributed by atoms with Gasteiger partial charge in [0.15, 0.2) is 0 Å². The second-order valence-corrected chi connectivity index (χ2v) is 7.45.